The maximum Gasteiger partial charge on any atom is 0.286 e. The number of amides is 2. The van der Waals surface area contributed by atoms with Crippen LogP contribution in [0.4, 0.5) is 5.69 Å². The van der Waals surface area contributed by atoms with E-state index < -0.39 is 21.7 Å². The van der Waals surface area contributed by atoms with Crippen LogP contribution in [0.2, 0.25) is 5.02 Å². The summed E-state index contributed by atoms with van der Waals surface area (Å²) in [4.78, 5) is 29.2. The van der Waals surface area contributed by atoms with E-state index in [0.29, 0.717) is 25.3 Å². The minimum Gasteiger partial charge on any atom is -0.490 e. The Morgan fingerprint density at radius 1 is 1.21 bits per heavy atom. The number of carbonyl (C=O) groups excluding carboxylic acids is 2. The van der Waals surface area contributed by atoms with Crippen LogP contribution in [0, 0.1) is 11.8 Å². The van der Waals surface area contributed by atoms with Gasteiger partial charge in [0.2, 0.25) is 0 Å². The van der Waals surface area contributed by atoms with Crippen molar-refractivity contribution in [3.63, 3.8) is 0 Å². The molecule has 1 aromatic heterocycles. The minimum absolute atomic E-state index is 0.0179. The zero-order chi connectivity index (χ0) is 32.8. The fourth-order valence-corrected chi connectivity index (χ4v) is 9.79. The first-order valence-corrected chi connectivity index (χ1v) is 18.3. The molecule has 0 radical (unpaired) electrons. The normalized spacial score (nSPS) is 31.0. The fourth-order valence-electron chi connectivity index (χ4n) is 7.70. The second kappa shape index (κ2) is 12.7. The molecule has 1 fully saturated rings. The maximum atomic E-state index is 14.3. The molecule has 3 aromatic rings. The molecule has 6 atom stereocenters. The minimum atomic E-state index is -3.53. The summed E-state index contributed by atoms with van der Waals surface area (Å²) in [7, 11) is -1.78. The molecule has 7 rings (SSSR count). The Hall–Kier alpha value is -3.67. The van der Waals surface area contributed by atoms with Gasteiger partial charge in [-0.1, -0.05) is 41.9 Å². The van der Waals surface area contributed by atoms with Crippen molar-refractivity contribution in [2.24, 2.45) is 16.2 Å². The van der Waals surface area contributed by atoms with E-state index in [1.54, 1.807) is 13.2 Å². The van der Waals surface area contributed by atoms with Gasteiger partial charge in [0.15, 0.2) is 0 Å². The Labute approximate surface area is 280 Å². The summed E-state index contributed by atoms with van der Waals surface area (Å²) in [5.74, 6) is -0.609. The summed E-state index contributed by atoms with van der Waals surface area (Å²) >= 11 is 6.44. The van der Waals surface area contributed by atoms with Gasteiger partial charge in [-0.25, -0.2) is 4.21 Å². The van der Waals surface area contributed by atoms with Gasteiger partial charge in [0.05, 0.1) is 35.9 Å². The lowest BCUT2D eigenvalue weighted by atomic mass is 9.68. The van der Waals surface area contributed by atoms with Crippen LogP contribution in [0.5, 0.6) is 5.75 Å². The number of aromatic nitrogens is 1. The number of hydrogen-bond donors (Lipinski definition) is 1. The summed E-state index contributed by atoms with van der Waals surface area (Å²) < 4.78 is 38.5. The lowest BCUT2D eigenvalue weighted by Crippen LogP contribution is -2.56. The van der Waals surface area contributed by atoms with E-state index >= 15 is 0 Å². The molecule has 2 aromatic carbocycles. The van der Waals surface area contributed by atoms with E-state index in [4.69, 9.17) is 25.6 Å². The Morgan fingerprint density at radius 2 is 2.09 bits per heavy atom. The highest BCUT2D eigenvalue weighted by Crippen LogP contribution is 2.49. The zero-order valence-electron chi connectivity index (χ0n) is 26.5. The molecule has 2 aliphatic carbocycles. The van der Waals surface area contributed by atoms with Gasteiger partial charge in [0.25, 0.3) is 11.8 Å². The van der Waals surface area contributed by atoms with Crippen molar-refractivity contribution in [2.45, 2.75) is 63.0 Å². The summed E-state index contributed by atoms with van der Waals surface area (Å²) in [5.41, 5.74) is 3.42. The van der Waals surface area contributed by atoms with Crippen molar-refractivity contribution in [2.75, 3.05) is 30.9 Å². The fraction of sp³-hybridized carbons (Fsp3) is 0.457. The van der Waals surface area contributed by atoms with Crippen LogP contribution in [-0.4, -0.2) is 59.3 Å². The number of aryl methyl sites for hydroxylation is 1. The second-order valence-corrected chi connectivity index (χ2v) is 15.8. The molecular weight excluding hydrogens is 640 g/mol. The SMILES string of the molecule is CO[C@H]1/C=C/C[C@H](C)CS(=O)(NC(=O)c2cnoc2)=NC(=O)c2ccc3c(c2)N(C[C@@]2(CCCc4cc(Cl)ccc42)CO3)C2CC[C@H]21. The number of nitrogens with zero attached hydrogens (tertiary/aromatic N) is 3. The van der Waals surface area contributed by atoms with Crippen LogP contribution in [0.25, 0.3) is 0 Å². The summed E-state index contributed by atoms with van der Waals surface area (Å²) in [6.45, 7) is 3.12. The first-order valence-electron chi connectivity index (χ1n) is 16.2. The summed E-state index contributed by atoms with van der Waals surface area (Å²) in [6.07, 6.45) is 11.9. The molecule has 0 saturated heterocycles. The first-order chi connectivity index (χ1) is 22.7. The number of rotatable bonds is 3. The van der Waals surface area contributed by atoms with Crippen LogP contribution < -0.4 is 14.4 Å². The van der Waals surface area contributed by atoms with Gasteiger partial charge in [-0.05, 0) is 85.9 Å². The quantitative estimate of drug-likeness (QED) is 0.328. The van der Waals surface area contributed by atoms with E-state index in [-0.39, 0.29) is 46.3 Å². The van der Waals surface area contributed by atoms with Gasteiger partial charge in [-0.15, -0.1) is 4.36 Å². The highest BCUT2D eigenvalue weighted by molar-refractivity contribution is 7.92. The second-order valence-electron chi connectivity index (χ2n) is 13.4. The monoisotopic (exact) mass is 678 g/mol. The smallest absolute Gasteiger partial charge is 0.286 e. The number of allylic oxidation sites excluding steroid dienone is 1. The van der Waals surface area contributed by atoms with Gasteiger partial charge in [-0.3, -0.25) is 14.3 Å². The molecule has 1 spiro atoms. The molecule has 2 amide bonds. The lowest BCUT2D eigenvalue weighted by molar-refractivity contribution is 0.0354. The molecule has 1 saturated carbocycles. The van der Waals surface area contributed by atoms with Gasteiger partial charge in [0.1, 0.15) is 21.9 Å². The Bertz CT molecular complexity index is 1840. The molecule has 12 heteroatoms. The van der Waals surface area contributed by atoms with Crippen molar-refractivity contribution >= 4 is 39.0 Å². The highest BCUT2D eigenvalue weighted by atomic mass is 35.5. The number of hydrogen-bond acceptors (Lipinski definition) is 8. The van der Waals surface area contributed by atoms with E-state index in [9.17, 15) is 13.8 Å². The molecule has 2 aliphatic heterocycles. The highest BCUT2D eigenvalue weighted by Gasteiger charge is 2.47. The Morgan fingerprint density at radius 3 is 2.85 bits per heavy atom. The first kappa shape index (κ1) is 31.9. The summed E-state index contributed by atoms with van der Waals surface area (Å²) in [6, 6.07) is 11.6. The van der Waals surface area contributed by atoms with Crippen LogP contribution in [0.15, 0.2) is 69.9 Å². The van der Waals surface area contributed by atoms with Crippen LogP contribution in [0.1, 0.15) is 70.9 Å². The third-order valence-electron chi connectivity index (χ3n) is 10.2. The van der Waals surface area contributed by atoms with Gasteiger partial charge >= 0.3 is 0 Å². The number of benzene rings is 2. The largest absolute Gasteiger partial charge is 0.490 e. The van der Waals surface area contributed by atoms with E-state index in [2.05, 4.69) is 43.4 Å². The Kier molecular flexibility index (Phi) is 8.65. The molecule has 1 N–H and O–H groups in total. The third-order valence-corrected chi connectivity index (χ3v) is 12.4. The molecular formula is C35H39ClN4O6S. The molecule has 10 nitrogen and oxygen atoms in total. The van der Waals surface area contributed by atoms with E-state index in [1.807, 2.05) is 25.1 Å². The lowest BCUT2D eigenvalue weighted by Gasteiger charge is -2.50. The van der Waals surface area contributed by atoms with Gasteiger partial charge < -0.3 is 18.9 Å². The van der Waals surface area contributed by atoms with Crippen LogP contribution in [-0.2, 0) is 26.5 Å². The van der Waals surface area contributed by atoms with Crippen molar-refractivity contribution < 1.29 is 27.8 Å². The van der Waals surface area contributed by atoms with Crippen molar-refractivity contribution in [1.29, 1.82) is 0 Å². The molecule has 47 heavy (non-hydrogen) atoms. The predicted molar refractivity (Wildman–Crippen MR) is 179 cm³/mol. The Balaban J connectivity index is 1.33. The zero-order valence-corrected chi connectivity index (χ0v) is 28.1. The molecule has 2 unspecified atom stereocenters. The van der Waals surface area contributed by atoms with Gasteiger partial charge in [-0.2, -0.15) is 0 Å². The predicted octanol–water partition coefficient (Wildman–Crippen LogP) is 6.14. The van der Waals surface area contributed by atoms with Crippen LogP contribution >= 0.6 is 11.6 Å². The molecule has 4 aliphatic rings. The van der Waals surface area contributed by atoms with Crippen molar-refractivity contribution in [1.82, 2.24) is 9.88 Å². The molecule has 3 heterocycles. The summed E-state index contributed by atoms with van der Waals surface area (Å²) in [5, 5.41) is 4.30. The number of fused-ring (bicyclic) bond motifs is 5. The van der Waals surface area contributed by atoms with Gasteiger partial charge in [0, 0.05) is 41.6 Å². The number of carbonyl (C=O) groups is 2. The molecule has 248 valence electrons. The van der Waals surface area contributed by atoms with Crippen molar-refractivity contribution in [3.05, 3.63) is 88.3 Å². The number of halogens is 1. The third kappa shape index (κ3) is 6.21. The van der Waals surface area contributed by atoms with Crippen LogP contribution in [0.3, 0.4) is 0 Å². The van der Waals surface area contributed by atoms with E-state index in [1.165, 1.54) is 17.3 Å². The van der Waals surface area contributed by atoms with E-state index in [0.717, 1.165) is 49.1 Å². The average Bonchev–Trinajstić information content (AvgIpc) is 3.52. The number of anilines is 1. The average molecular weight is 679 g/mol. The topological polar surface area (TPSA) is 123 Å². The van der Waals surface area contributed by atoms with Crippen molar-refractivity contribution in [3.8, 4) is 5.75 Å². The molecule has 2 bridgehead atoms. The standard InChI is InChI=1S/C35H39ClN4O6S/c1-22-5-3-7-31(44-2)27-10-12-29(27)40-20-35(14-4-6-23-15-26(36)9-11-28(23)35)21-45-32-13-8-24(16-30(32)40)33(41)38-47(43,19-22)39-34(42)25-17-37-46-18-25/h3,7-9,11,13,15-18,22,27,29,31H,4-6,10,12,14,19-21H2,1-2H3,(H,38,39,41,42,43)/b7-3+/t22-,27+,29?,31-,35-,47?/m0/s1. The number of ether oxygens (including phenoxy) is 2. The number of nitrogens with one attached hydrogen (secondary N) is 1. The number of methoxy groups -OCH3 is 1. The maximum absolute atomic E-state index is 14.3.